The third kappa shape index (κ3) is 4.43. The van der Waals surface area contributed by atoms with Gasteiger partial charge in [0.15, 0.2) is 5.16 Å². The molecule has 2 rings (SSSR count). The summed E-state index contributed by atoms with van der Waals surface area (Å²) < 4.78 is 0. The van der Waals surface area contributed by atoms with Crippen molar-refractivity contribution >= 4 is 29.3 Å². The van der Waals surface area contributed by atoms with Crippen LogP contribution < -0.4 is 16.8 Å². The lowest BCUT2D eigenvalue weighted by Crippen LogP contribution is -2.24. The van der Waals surface area contributed by atoms with Crippen LogP contribution >= 0.6 is 11.8 Å². The monoisotopic (exact) mass is 289 g/mol. The maximum Gasteiger partial charge on any atom is 0.230 e. The first-order chi connectivity index (χ1) is 9.63. The number of benzene rings is 1. The van der Waals surface area contributed by atoms with Gasteiger partial charge >= 0.3 is 0 Å². The summed E-state index contributed by atoms with van der Waals surface area (Å²) in [5.41, 5.74) is 12.2. The Balaban J connectivity index is 1.80. The molecule has 20 heavy (non-hydrogen) atoms. The van der Waals surface area contributed by atoms with E-state index in [1.165, 1.54) is 17.8 Å². The zero-order valence-electron chi connectivity index (χ0n) is 10.7. The fourth-order valence-electron chi connectivity index (χ4n) is 1.50. The molecule has 0 bridgehead atoms. The summed E-state index contributed by atoms with van der Waals surface area (Å²) in [6.07, 6.45) is 0. The second kappa shape index (κ2) is 6.76. The molecule has 0 aliphatic heterocycles. The summed E-state index contributed by atoms with van der Waals surface area (Å²) in [6.45, 7) is 0.500. The van der Waals surface area contributed by atoms with E-state index >= 15 is 0 Å². The van der Waals surface area contributed by atoms with E-state index in [-0.39, 0.29) is 11.7 Å². The smallest absolute Gasteiger partial charge is 0.230 e. The van der Waals surface area contributed by atoms with Gasteiger partial charge in [-0.15, -0.1) is 0 Å². The summed E-state index contributed by atoms with van der Waals surface area (Å²) in [6, 6.07) is 11.2. The van der Waals surface area contributed by atoms with Crippen molar-refractivity contribution in [3.8, 4) is 0 Å². The molecule has 0 aliphatic rings. The van der Waals surface area contributed by atoms with Crippen LogP contribution in [0.3, 0.4) is 0 Å². The van der Waals surface area contributed by atoms with Crippen LogP contribution in [-0.4, -0.2) is 21.6 Å². The van der Waals surface area contributed by atoms with Gasteiger partial charge in [-0.25, -0.2) is 9.97 Å². The van der Waals surface area contributed by atoms with E-state index in [4.69, 9.17) is 11.5 Å². The minimum atomic E-state index is -0.0940. The van der Waals surface area contributed by atoms with Crippen molar-refractivity contribution in [2.24, 2.45) is 0 Å². The van der Waals surface area contributed by atoms with Crippen LogP contribution in [0.2, 0.25) is 0 Å². The Morgan fingerprint density at radius 2 is 1.80 bits per heavy atom. The van der Waals surface area contributed by atoms with Gasteiger partial charge < -0.3 is 16.8 Å². The lowest BCUT2D eigenvalue weighted by molar-refractivity contribution is -0.118. The average molecular weight is 289 g/mol. The van der Waals surface area contributed by atoms with Crippen molar-refractivity contribution in [3.05, 3.63) is 42.0 Å². The minimum Gasteiger partial charge on any atom is -0.383 e. The van der Waals surface area contributed by atoms with Crippen LogP contribution in [0.4, 0.5) is 11.6 Å². The molecule has 1 amide bonds. The Kier molecular flexibility index (Phi) is 4.78. The number of nitrogens with two attached hydrogens (primary N) is 2. The van der Waals surface area contributed by atoms with Crippen LogP contribution in [0.15, 0.2) is 41.6 Å². The molecule has 104 valence electrons. The highest BCUT2D eigenvalue weighted by Crippen LogP contribution is 2.15. The van der Waals surface area contributed by atoms with E-state index in [0.29, 0.717) is 23.3 Å². The van der Waals surface area contributed by atoms with Crippen molar-refractivity contribution in [2.75, 3.05) is 17.2 Å². The maximum atomic E-state index is 11.7. The van der Waals surface area contributed by atoms with Crippen molar-refractivity contribution in [1.82, 2.24) is 15.3 Å². The van der Waals surface area contributed by atoms with Crippen LogP contribution in [0.5, 0.6) is 0 Å². The predicted molar refractivity (Wildman–Crippen MR) is 79.9 cm³/mol. The van der Waals surface area contributed by atoms with E-state index in [1.807, 2.05) is 30.3 Å². The Morgan fingerprint density at radius 1 is 1.15 bits per heavy atom. The lowest BCUT2D eigenvalue weighted by Gasteiger charge is -2.05. The Labute approximate surface area is 121 Å². The van der Waals surface area contributed by atoms with Gasteiger partial charge in [0.1, 0.15) is 11.6 Å². The highest BCUT2D eigenvalue weighted by molar-refractivity contribution is 7.99. The fraction of sp³-hybridized carbons (Fsp3) is 0.154. The summed E-state index contributed by atoms with van der Waals surface area (Å²) in [7, 11) is 0. The molecule has 0 saturated carbocycles. The molecule has 0 radical (unpaired) electrons. The SMILES string of the molecule is Nc1cc(N)nc(SCC(=O)NCc2ccccc2)n1. The van der Waals surface area contributed by atoms with Gasteiger partial charge in [-0.05, 0) is 5.56 Å². The number of nitrogen functional groups attached to an aromatic ring is 2. The van der Waals surface area contributed by atoms with E-state index in [0.717, 1.165) is 5.56 Å². The Hall–Kier alpha value is -2.28. The molecular weight excluding hydrogens is 274 g/mol. The van der Waals surface area contributed by atoms with Crippen LogP contribution in [0.25, 0.3) is 0 Å². The zero-order valence-corrected chi connectivity index (χ0v) is 11.6. The highest BCUT2D eigenvalue weighted by Gasteiger charge is 2.06. The number of amides is 1. The summed E-state index contributed by atoms with van der Waals surface area (Å²) in [5.74, 6) is 0.716. The molecule has 0 fully saturated rings. The van der Waals surface area contributed by atoms with E-state index in [1.54, 1.807) is 0 Å². The second-order valence-corrected chi connectivity index (χ2v) is 4.99. The molecule has 1 aromatic carbocycles. The molecule has 0 spiro atoms. The van der Waals surface area contributed by atoms with E-state index in [9.17, 15) is 4.79 Å². The van der Waals surface area contributed by atoms with E-state index in [2.05, 4.69) is 15.3 Å². The van der Waals surface area contributed by atoms with Crippen molar-refractivity contribution < 1.29 is 4.79 Å². The maximum absolute atomic E-state index is 11.7. The molecule has 0 aliphatic carbocycles. The summed E-state index contributed by atoms with van der Waals surface area (Å²) >= 11 is 1.20. The quantitative estimate of drug-likeness (QED) is 0.561. The molecule has 1 aromatic heterocycles. The molecule has 2 aromatic rings. The normalized spacial score (nSPS) is 10.2. The standard InChI is InChI=1S/C13H15N5OS/c14-10-6-11(15)18-13(17-10)20-8-12(19)16-7-9-4-2-1-3-5-9/h1-6H,7-8H2,(H,16,19)(H4,14,15,17,18). The third-order valence-electron chi connectivity index (χ3n) is 2.41. The van der Waals surface area contributed by atoms with Gasteiger partial charge in [-0.1, -0.05) is 42.1 Å². The topological polar surface area (TPSA) is 107 Å². The average Bonchev–Trinajstić information content (AvgIpc) is 2.43. The third-order valence-corrected chi connectivity index (χ3v) is 3.26. The first-order valence-corrected chi connectivity index (χ1v) is 6.95. The number of anilines is 2. The number of nitrogens with one attached hydrogen (secondary N) is 1. The van der Waals surface area contributed by atoms with Gasteiger partial charge in [-0.3, -0.25) is 4.79 Å². The molecule has 0 atom stereocenters. The molecule has 0 saturated heterocycles. The number of hydrogen-bond acceptors (Lipinski definition) is 6. The van der Waals surface area contributed by atoms with Crippen molar-refractivity contribution in [2.45, 2.75) is 11.7 Å². The predicted octanol–water partition coefficient (Wildman–Crippen LogP) is 1.05. The number of carbonyl (C=O) groups excluding carboxylic acids is 1. The van der Waals surface area contributed by atoms with Gasteiger partial charge in [-0.2, -0.15) is 0 Å². The largest absolute Gasteiger partial charge is 0.383 e. The second-order valence-electron chi connectivity index (χ2n) is 4.05. The van der Waals surface area contributed by atoms with E-state index < -0.39 is 0 Å². The van der Waals surface area contributed by atoms with Crippen molar-refractivity contribution in [3.63, 3.8) is 0 Å². The van der Waals surface area contributed by atoms with Crippen molar-refractivity contribution in [1.29, 1.82) is 0 Å². The number of aromatic nitrogens is 2. The lowest BCUT2D eigenvalue weighted by atomic mass is 10.2. The summed E-state index contributed by atoms with van der Waals surface area (Å²) in [4.78, 5) is 19.7. The first kappa shape index (κ1) is 14.1. The fourth-order valence-corrected chi connectivity index (χ4v) is 2.21. The van der Waals surface area contributed by atoms with Crippen LogP contribution in [0.1, 0.15) is 5.56 Å². The molecule has 5 N–H and O–H groups in total. The Bertz CT molecular complexity index is 570. The number of rotatable bonds is 5. The number of nitrogens with zero attached hydrogens (tertiary/aromatic N) is 2. The number of carbonyl (C=O) groups is 1. The highest BCUT2D eigenvalue weighted by atomic mass is 32.2. The molecule has 6 nitrogen and oxygen atoms in total. The number of thioether (sulfide) groups is 1. The first-order valence-electron chi connectivity index (χ1n) is 5.97. The van der Waals surface area contributed by atoms with Gasteiger partial charge in [0.05, 0.1) is 5.75 Å². The molecule has 0 unspecified atom stereocenters. The zero-order chi connectivity index (χ0) is 14.4. The molecular formula is C13H15N5OS. The van der Waals surface area contributed by atoms with Gasteiger partial charge in [0.25, 0.3) is 0 Å². The van der Waals surface area contributed by atoms with Crippen LogP contribution in [-0.2, 0) is 11.3 Å². The molecule has 1 heterocycles. The Morgan fingerprint density at radius 3 is 2.45 bits per heavy atom. The number of hydrogen-bond donors (Lipinski definition) is 3. The molecule has 7 heteroatoms. The minimum absolute atomic E-state index is 0.0940. The van der Waals surface area contributed by atoms with Gasteiger partial charge in [0.2, 0.25) is 5.91 Å². The summed E-state index contributed by atoms with van der Waals surface area (Å²) in [5, 5.41) is 3.22. The van der Waals surface area contributed by atoms with Crippen LogP contribution in [0, 0.1) is 0 Å². The van der Waals surface area contributed by atoms with Gasteiger partial charge in [0, 0.05) is 12.6 Å².